The van der Waals surface area contributed by atoms with Crippen LogP contribution in [-0.4, -0.2) is 41.6 Å². The summed E-state index contributed by atoms with van der Waals surface area (Å²) in [4.78, 5) is 25.4. The van der Waals surface area contributed by atoms with Crippen molar-refractivity contribution in [3.8, 4) is 0 Å². The summed E-state index contributed by atoms with van der Waals surface area (Å²) in [6, 6.07) is 0.459. The Morgan fingerprint density at radius 3 is 2.75 bits per heavy atom. The van der Waals surface area contributed by atoms with Crippen molar-refractivity contribution in [3.63, 3.8) is 0 Å². The van der Waals surface area contributed by atoms with Crippen molar-refractivity contribution in [2.24, 2.45) is 5.18 Å². The molecule has 0 aromatic heterocycles. The molecule has 1 fully saturated rings. The van der Waals surface area contributed by atoms with Crippen LogP contribution in [0.3, 0.4) is 0 Å². The molecule has 1 rings (SSSR count). The first-order valence-electron chi connectivity index (χ1n) is 6.03. The molecule has 0 saturated carbocycles. The lowest BCUT2D eigenvalue weighted by molar-refractivity contribution is -0.126. The van der Waals surface area contributed by atoms with Gasteiger partial charge >= 0.3 is 0 Å². The molecule has 1 saturated heterocycles. The third-order valence-corrected chi connectivity index (χ3v) is 3.15. The van der Waals surface area contributed by atoms with Gasteiger partial charge in [0.15, 0.2) is 6.67 Å². The summed E-state index contributed by atoms with van der Waals surface area (Å²) in [5, 5.41) is 2.78. The van der Waals surface area contributed by atoms with E-state index in [4.69, 9.17) is 0 Å². The van der Waals surface area contributed by atoms with Gasteiger partial charge in [-0.3, -0.25) is 9.69 Å². The van der Waals surface area contributed by atoms with Crippen LogP contribution in [0.2, 0.25) is 0 Å². The Hall–Kier alpha value is -0.970. The van der Waals surface area contributed by atoms with Crippen LogP contribution in [0.15, 0.2) is 5.18 Å². The van der Waals surface area contributed by atoms with E-state index in [0.29, 0.717) is 19.3 Å². The van der Waals surface area contributed by atoms with E-state index in [1.807, 2.05) is 0 Å². The van der Waals surface area contributed by atoms with Crippen LogP contribution in [0.5, 0.6) is 0 Å². The molecule has 5 heteroatoms. The lowest BCUT2D eigenvalue weighted by Gasteiger charge is -2.25. The zero-order chi connectivity index (χ0) is 12.0. The lowest BCUT2D eigenvalue weighted by Crippen LogP contribution is -2.34. The molecule has 0 N–H and O–H groups in total. The summed E-state index contributed by atoms with van der Waals surface area (Å²) in [5.41, 5.74) is 0. The SMILES string of the molecule is CCCCC(CC)N1CC(=O)N(CN=O)C1. The van der Waals surface area contributed by atoms with Crippen molar-refractivity contribution in [3.05, 3.63) is 4.91 Å². The van der Waals surface area contributed by atoms with Crippen molar-refractivity contribution in [2.75, 3.05) is 19.9 Å². The van der Waals surface area contributed by atoms with E-state index in [0.717, 1.165) is 12.8 Å². The fraction of sp³-hybridized carbons (Fsp3) is 0.909. The highest BCUT2D eigenvalue weighted by molar-refractivity contribution is 5.80. The largest absolute Gasteiger partial charge is 0.305 e. The van der Waals surface area contributed by atoms with E-state index < -0.39 is 0 Å². The maximum Gasteiger partial charge on any atom is 0.239 e. The molecule has 0 aliphatic carbocycles. The van der Waals surface area contributed by atoms with Gasteiger partial charge in [-0.25, -0.2) is 0 Å². The van der Waals surface area contributed by atoms with Gasteiger partial charge in [0.05, 0.1) is 13.2 Å². The number of hydrogen-bond donors (Lipinski definition) is 0. The molecule has 1 amide bonds. The minimum absolute atomic E-state index is 0.0143. The quantitative estimate of drug-likeness (QED) is 0.623. The van der Waals surface area contributed by atoms with Gasteiger partial charge in [-0.2, -0.15) is 0 Å². The predicted molar refractivity (Wildman–Crippen MR) is 62.7 cm³/mol. The summed E-state index contributed by atoms with van der Waals surface area (Å²) in [7, 11) is 0. The zero-order valence-electron chi connectivity index (χ0n) is 10.2. The highest BCUT2D eigenvalue weighted by Crippen LogP contribution is 2.17. The molecular formula is C11H21N3O2. The molecule has 1 aliphatic heterocycles. The second kappa shape index (κ2) is 6.58. The monoisotopic (exact) mass is 227 g/mol. The van der Waals surface area contributed by atoms with E-state index in [2.05, 4.69) is 23.9 Å². The summed E-state index contributed by atoms with van der Waals surface area (Å²) in [6.45, 7) is 5.31. The van der Waals surface area contributed by atoms with E-state index in [1.54, 1.807) is 0 Å². The van der Waals surface area contributed by atoms with Crippen LogP contribution >= 0.6 is 0 Å². The Labute approximate surface area is 96.8 Å². The molecule has 1 atom stereocenters. The van der Waals surface area contributed by atoms with Gasteiger partial charge in [0.1, 0.15) is 0 Å². The van der Waals surface area contributed by atoms with Crippen LogP contribution < -0.4 is 0 Å². The van der Waals surface area contributed by atoms with E-state index in [9.17, 15) is 9.70 Å². The first kappa shape index (κ1) is 13.1. The van der Waals surface area contributed by atoms with Crippen molar-refractivity contribution in [1.82, 2.24) is 9.80 Å². The highest BCUT2D eigenvalue weighted by Gasteiger charge is 2.31. The zero-order valence-corrected chi connectivity index (χ0v) is 10.2. The van der Waals surface area contributed by atoms with Crippen LogP contribution in [0.4, 0.5) is 0 Å². The maximum atomic E-state index is 11.6. The lowest BCUT2D eigenvalue weighted by atomic mass is 10.1. The van der Waals surface area contributed by atoms with Gasteiger partial charge < -0.3 is 4.90 Å². The number of hydrogen-bond acceptors (Lipinski definition) is 4. The number of unbranched alkanes of at least 4 members (excludes halogenated alkanes) is 1. The Balaban J connectivity index is 2.47. The topological polar surface area (TPSA) is 53.0 Å². The molecule has 1 unspecified atom stereocenters. The number of rotatable bonds is 7. The van der Waals surface area contributed by atoms with Gasteiger partial charge in [0.25, 0.3) is 0 Å². The van der Waals surface area contributed by atoms with Gasteiger partial charge in [-0.15, -0.1) is 4.91 Å². The Morgan fingerprint density at radius 1 is 1.44 bits per heavy atom. The predicted octanol–water partition coefficient (Wildman–Crippen LogP) is 1.78. The third-order valence-electron chi connectivity index (χ3n) is 3.15. The van der Waals surface area contributed by atoms with Crippen molar-refractivity contribution < 1.29 is 4.79 Å². The average molecular weight is 227 g/mol. The van der Waals surface area contributed by atoms with Gasteiger partial charge in [-0.1, -0.05) is 26.7 Å². The summed E-state index contributed by atoms with van der Waals surface area (Å²) >= 11 is 0. The molecule has 1 aliphatic rings. The Bertz CT molecular complexity index is 245. The molecule has 92 valence electrons. The van der Waals surface area contributed by atoms with Crippen molar-refractivity contribution in [1.29, 1.82) is 0 Å². The third kappa shape index (κ3) is 3.27. The first-order valence-corrected chi connectivity index (χ1v) is 6.03. The van der Waals surface area contributed by atoms with E-state index >= 15 is 0 Å². The second-order valence-corrected chi connectivity index (χ2v) is 4.30. The van der Waals surface area contributed by atoms with E-state index in [-0.39, 0.29) is 12.6 Å². The Kier molecular flexibility index (Phi) is 5.38. The number of carbonyl (C=O) groups excluding carboxylic acids is 1. The summed E-state index contributed by atoms with van der Waals surface area (Å²) < 4.78 is 0. The first-order chi connectivity index (χ1) is 7.72. The van der Waals surface area contributed by atoms with Gasteiger partial charge in [0.2, 0.25) is 5.91 Å². The number of amides is 1. The maximum absolute atomic E-state index is 11.6. The molecule has 0 aromatic rings. The van der Waals surface area contributed by atoms with Gasteiger partial charge in [-0.05, 0) is 18.0 Å². The summed E-state index contributed by atoms with van der Waals surface area (Å²) in [6.07, 6.45) is 4.55. The second-order valence-electron chi connectivity index (χ2n) is 4.30. The molecule has 5 nitrogen and oxygen atoms in total. The van der Waals surface area contributed by atoms with Crippen LogP contribution in [0.25, 0.3) is 0 Å². The van der Waals surface area contributed by atoms with Crippen molar-refractivity contribution >= 4 is 5.91 Å². The number of carbonyl (C=O) groups is 1. The minimum atomic E-state index is -0.0143. The van der Waals surface area contributed by atoms with Crippen LogP contribution in [0, 0.1) is 4.91 Å². The fourth-order valence-corrected chi connectivity index (χ4v) is 2.14. The average Bonchev–Trinajstić information content (AvgIpc) is 2.62. The summed E-state index contributed by atoms with van der Waals surface area (Å²) in [5.74, 6) is 0.0227. The van der Waals surface area contributed by atoms with Gasteiger partial charge in [0, 0.05) is 6.04 Å². The minimum Gasteiger partial charge on any atom is -0.305 e. The number of nitrogens with zero attached hydrogens (tertiary/aromatic N) is 3. The molecule has 0 aromatic carbocycles. The molecule has 0 radical (unpaired) electrons. The standard InChI is InChI=1S/C11H21N3O2/c1-3-5-6-10(4-2)13-7-11(15)14(9-13)8-12-16/h10H,3-9H2,1-2H3. The molecule has 16 heavy (non-hydrogen) atoms. The normalized spacial score (nSPS) is 19.1. The molecule has 0 spiro atoms. The smallest absolute Gasteiger partial charge is 0.239 e. The van der Waals surface area contributed by atoms with Crippen LogP contribution in [0.1, 0.15) is 39.5 Å². The van der Waals surface area contributed by atoms with Crippen molar-refractivity contribution in [2.45, 2.75) is 45.6 Å². The Morgan fingerprint density at radius 2 is 2.19 bits per heavy atom. The van der Waals surface area contributed by atoms with Crippen LogP contribution in [-0.2, 0) is 4.79 Å². The molecule has 1 heterocycles. The van der Waals surface area contributed by atoms with E-state index in [1.165, 1.54) is 17.7 Å². The fourth-order valence-electron chi connectivity index (χ4n) is 2.14. The highest BCUT2D eigenvalue weighted by atomic mass is 16.3. The molecule has 0 bridgehead atoms. The molecular weight excluding hydrogens is 206 g/mol. The number of nitroso groups, excluding NO2 is 1.